The van der Waals surface area contributed by atoms with Gasteiger partial charge in [0.15, 0.2) is 5.76 Å². The van der Waals surface area contributed by atoms with E-state index < -0.39 is 0 Å². The van der Waals surface area contributed by atoms with Crippen LogP contribution in [0, 0.1) is 0 Å². The van der Waals surface area contributed by atoms with Gasteiger partial charge in [-0.25, -0.2) is 0 Å². The van der Waals surface area contributed by atoms with E-state index in [0.29, 0.717) is 30.5 Å². The Bertz CT molecular complexity index is 710. The monoisotopic (exact) mass is 285 g/mol. The molecule has 0 radical (unpaired) electrons. The van der Waals surface area contributed by atoms with Gasteiger partial charge in [0.1, 0.15) is 5.58 Å². The van der Waals surface area contributed by atoms with Crippen molar-refractivity contribution in [2.75, 3.05) is 19.8 Å². The molecule has 21 heavy (non-hydrogen) atoms. The summed E-state index contributed by atoms with van der Waals surface area (Å²) in [6.45, 7) is 2.28. The summed E-state index contributed by atoms with van der Waals surface area (Å²) in [4.78, 5) is 4.40. The number of ether oxygens (including phenoxy) is 1. The first-order valence-electron chi connectivity index (χ1n) is 7.01. The summed E-state index contributed by atoms with van der Waals surface area (Å²) in [7, 11) is 0. The van der Waals surface area contributed by atoms with Crippen LogP contribution in [0.2, 0.25) is 0 Å². The molecule has 108 valence electrons. The first-order chi connectivity index (χ1) is 10.4. The second-order valence-electron chi connectivity index (χ2n) is 5.09. The van der Waals surface area contributed by atoms with Crippen LogP contribution in [0.25, 0.3) is 22.6 Å². The summed E-state index contributed by atoms with van der Waals surface area (Å²) in [5, 5.41) is 8.39. The molecule has 0 saturated carbocycles. The van der Waals surface area contributed by atoms with Crippen LogP contribution in [0.5, 0.6) is 0 Å². The van der Waals surface area contributed by atoms with E-state index in [-0.39, 0.29) is 6.04 Å². The second-order valence-corrected chi connectivity index (χ2v) is 5.09. The zero-order valence-corrected chi connectivity index (χ0v) is 11.4. The summed E-state index contributed by atoms with van der Waals surface area (Å²) < 4.78 is 16.4. The van der Waals surface area contributed by atoms with Gasteiger partial charge in [-0.3, -0.25) is 0 Å². The molecule has 0 aliphatic carbocycles. The quantitative estimate of drug-likeness (QED) is 0.793. The highest BCUT2D eigenvalue weighted by Gasteiger charge is 2.19. The Kier molecular flexibility index (Phi) is 3.17. The van der Waals surface area contributed by atoms with Gasteiger partial charge in [-0.15, -0.1) is 0 Å². The summed E-state index contributed by atoms with van der Waals surface area (Å²) in [5.74, 6) is 1.70. The first kappa shape index (κ1) is 12.6. The van der Waals surface area contributed by atoms with Gasteiger partial charge < -0.3 is 19.0 Å². The molecule has 1 aliphatic rings. The van der Waals surface area contributed by atoms with Gasteiger partial charge in [0.25, 0.3) is 0 Å². The van der Waals surface area contributed by atoms with Crippen LogP contribution in [-0.2, 0) is 11.2 Å². The van der Waals surface area contributed by atoms with Crippen molar-refractivity contribution in [3.05, 3.63) is 36.2 Å². The number of para-hydroxylation sites is 1. The minimum atomic E-state index is 0.225. The van der Waals surface area contributed by atoms with Crippen LogP contribution < -0.4 is 5.32 Å². The highest BCUT2D eigenvalue weighted by molar-refractivity contribution is 5.81. The Balaban J connectivity index is 1.55. The molecule has 2 aromatic heterocycles. The van der Waals surface area contributed by atoms with Crippen molar-refractivity contribution in [1.82, 2.24) is 15.5 Å². The van der Waals surface area contributed by atoms with E-state index in [4.69, 9.17) is 13.7 Å². The zero-order valence-electron chi connectivity index (χ0n) is 11.4. The number of morpholine rings is 1. The summed E-state index contributed by atoms with van der Waals surface area (Å²) in [6.07, 6.45) is 0.660. The molecular formula is C15H15N3O3. The van der Waals surface area contributed by atoms with Crippen LogP contribution in [0.1, 0.15) is 5.89 Å². The van der Waals surface area contributed by atoms with Crippen molar-refractivity contribution in [3.8, 4) is 11.6 Å². The number of fused-ring (bicyclic) bond motifs is 1. The molecule has 1 aromatic carbocycles. The predicted molar refractivity (Wildman–Crippen MR) is 75.8 cm³/mol. The predicted octanol–water partition coefficient (Wildman–Crippen LogP) is 2.01. The minimum Gasteiger partial charge on any atom is -0.453 e. The third-order valence-corrected chi connectivity index (χ3v) is 3.53. The van der Waals surface area contributed by atoms with Crippen LogP contribution in [0.4, 0.5) is 0 Å². The number of rotatable bonds is 3. The molecule has 3 aromatic rings. The van der Waals surface area contributed by atoms with Gasteiger partial charge >= 0.3 is 0 Å². The molecule has 1 unspecified atom stereocenters. The van der Waals surface area contributed by atoms with Crippen molar-refractivity contribution < 1.29 is 13.7 Å². The summed E-state index contributed by atoms with van der Waals surface area (Å²) in [6, 6.07) is 9.97. The molecule has 1 fully saturated rings. The lowest BCUT2D eigenvalue weighted by Crippen LogP contribution is -2.42. The molecule has 6 nitrogen and oxygen atoms in total. The molecule has 0 spiro atoms. The molecule has 1 atom stereocenters. The van der Waals surface area contributed by atoms with Crippen molar-refractivity contribution in [2.45, 2.75) is 12.5 Å². The fourth-order valence-corrected chi connectivity index (χ4v) is 2.49. The normalized spacial score (nSPS) is 19.1. The topological polar surface area (TPSA) is 73.3 Å². The molecule has 3 heterocycles. The maximum atomic E-state index is 5.73. The molecule has 1 saturated heterocycles. The maximum absolute atomic E-state index is 5.73. The Hall–Kier alpha value is -2.18. The van der Waals surface area contributed by atoms with Gasteiger partial charge in [0.2, 0.25) is 11.7 Å². The number of nitrogens with zero attached hydrogens (tertiary/aromatic N) is 2. The average Bonchev–Trinajstić information content (AvgIpc) is 3.14. The maximum Gasteiger partial charge on any atom is 0.238 e. The molecule has 0 amide bonds. The van der Waals surface area contributed by atoms with Gasteiger partial charge in [-0.2, -0.15) is 4.98 Å². The van der Waals surface area contributed by atoms with Crippen molar-refractivity contribution in [2.24, 2.45) is 0 Å². The third-order valence-electron chi connectivity index (χ3n) is 3.53. The number of benzene rings is 1. The molecule has 4 rings (SSSR count). The molecule has 1 aliphatic heterocycles. The van der Waals surface area contributed by atoms with E-state index in [9.17, 15) is 0 Å². The first-order valence-corrected chi connectivity index (χ1v) is 7.01. The SMILES string of the molecule is c1ccc2oc(-c3noc(CC4COCCN4)n3)cc2c1. The van der Waals surface area contributed by atoms with E-state index in [0.717, 1.165) is 24.1 Å². The number of furan rings is 1. The second kappa shape index (κ2) is 5.31. The van der Waals surface area contributed by atoms with Crippen molar-refractivity contribution in [3.63, 3.8) is 0 Å². The Morgan fingerprint density at radius 2 is 2.24 bits per heavy atom. The molecule has 6 heteroatoms. The van der Waals surface area contributed by atoms with Crippen LogP contribution in [0.15, 0.2) is 39.3 Å². The smallest absolute Gasteiger partial charge is 0.238 e. The van der Waals surface area contributed by atoms with Crippen LogP contribution >= 0.6 is 0 Å². The Morgan fingerprint density at radius 3 is 3.10 bits per heavy atom. The van der Waals surface area contributed by atoms with E-state index in [1.807, 2.05) is 30.3 Å². The lowest BCUT2D eigenvalue weighted by molar-refractivity contribution is 0.0744. The van der Waals surface area contributed by atoms with Crippen LogP contribution in [-0.4, -0.2) is 35.9 Å². The fourth-order valence-electron chi connectivity index (χ4n) is 2.49. The van der Waals surface area contributed by atoms with E-state index >= 15 is 0 Å². The number of hydrogen-bond acceptors (Lipinski definition) is 6. The fraction of sp³-hybridized carbons (Fsp3) is 0.333. The molecule has 0 bridgehead atoms. The van der Waals surface area contributed by atoms with Gasteiger partial charge in [-0.1, -0.05) is 23.4 Å². The van der Waals surface area contributed by atoms with E-state index in [1.165, 1.54) is 0 Å². The summed E-state index contributed by atoms with van der Waals surface area (Å²) >= 11 is 0. The average molecular weight is 285 g/mol. The molecular weight excluding hydrogens is 270 g/mol. The third kappa shape index (κ3) is 2.55. The number of aromatic nitrogens is 2. The largest absolute Gasteiger partial charge is 0.453 e. The zero-order chi connectivity index (χ0) is 14.1. The lowest BCUT2D eigenvalue weighted by atomic mass is 10.2. The highest BCUT2D eigenvalue weighted by atomic mass is 16.5. The van der Waals surface area contributed by atoms with Gasteiger partial charge in [-0.05, 0) is 12.1 Å². The minimum absolute atomic E-state index is 0.225. The number of nitrogens with one attached hydrogen (secondary N) is 1. The number of hydrogen-bond donors (Lipinski definition) is 1. The molecule has 1 N–H and O–H groups in total. The standard InChI is InChI=1S/C15H15N3O3/c1-2-4-12-10(3-1)7-13(20-12)15-17-14(21-18-15)8-11-9-19-6-5-16-11/h1-4,7,11,16H,5-6,8-9H2. The van der Waals surface area contributed by atoms with E-state index in [1.54, 1.807) is 0 Å². The van der Waals surface area contributed by atoms with Crippen molar-refractivity contribution >= 4 is 11.0 Å². The van der Waals surface area contributed by atoms with Gasteiger partial charge in [0.05, 0.1) is 13.2 Å². The Morgan fingerprint density at radius 1 is 1.29 bits per heavy atom. The van der Waals surface area contributed by atoms with Crippen molar-refractivity contribution in [1.29, 1.82) is 0 Å². The highest BCUT2D eigenvalue weighted by Crippen LogP contribution is 2.25. The van der Waals surface area contributed by atoms with Crippen LogP contribution in [0.3, 0.4) is 0 Å². The summed E-state index contributed by atoms with van der Waals surface area (Å²) in [5.41, 5.74) is 0.821. The van der Waals surface area contributed by atoms with Gasteiger partial charge in [0, 0.05) is 24.4 Å². The lowest BCUT2D eigenvalue weighted by Gasteiger charge is -2.22. The van der Waals surface area contributed by atoms with E-state index in [2.05, 4.69) is 15.5 Å². The Labute approximate surface area is 121 Å².